The van der Waals surface area contributed by atoms with E-state index in [4.69, 9.17) is 9.47 Å². The second kappa shape index (κ2) is 11.5. The van der Waals surface area contributed by atoms with Crippen LogP contribution in [0.2, 0.25) is 0 Å². The Bertz CT molecular complexity index is 1040. The second-order valence-electron chi connectivity index (χ2n) is 8.34. The summed E-state index contributed by atoms with van der Waals surface area (Å²) >= 11 is 0. The van der Waals surface area contributed by atoms with Crippen LogP contribution in [-0.2, 0) is 9.59 Å². The van der Waals surface area contributed by atoms with Gasteiger partial charge in [0.1, 0.15) is 23.9 Å². The summed E-state index contributed by atoms with van der Waals surface area (Å²) in [4.78, 5) is 29.5. The molecule has 0 aliphatic carbocycles. The lowest BCUT2D eigenvalue weighted by Gasteiger charge is -2.26. The van der Waals surface area contributed by atoms with Crippen molar-refractivity contribution in [3.8, 4) is 11.5 Å². The van der Waals surface area contributed by atoms with Gasteiger partial charge in [0.25, 0.3) is 11.7 Å². The fraction of sp³-hybridized carbons (Fsp3) is 0.333. The first kappa shape index (κ1) is 25.1. The molecule has 2 aromatic rings. The molecule has 0 saturated carbocycles. The van der Waals surface area contributed by atoms with Crippen LogP contribution in [0, 0.1) is 0 Å². The Labute approximate surface area is 200 Å². The molecule has 0 bridgehead atoms. The number of amides is 1. The molecule has 1 amide bonds. The lowest BCUT2D eigenvalue weighted by molar-refractivity contribution is -0.140. The fourth-order valence-corrected chi connectivity index (χ4v) is 3.75. The van der Waals surface area contributed by atoms with Crippen LogP contribution in [-0.4, -0.2) is 67.0 Å². The predicted molar refractivity (Wildman–Crippen MR) is 132 cm³/mol. The summed E-state index contributed by atoms with van der Waals surface area (Å²) in [6, 6.07) is 13.4. The van der Waals surface area contributed by atoms with E-state index in [1.165, 1.54) is 4.90 Å². The fourth-order valence-electron chi connectivity index (χ4n) is 3.75. The molecule has 1 aliphatic heterocycles. The van der Waals surface area contributed by atoms with Gasteiger partial charge >= 0.3 is 0 Å². The van der Waals surface area contributed by atoms with Gasteiger partial charge in [0.05, 0.1) is 18.2 Å². The zero-order valence-corrected chi connectivity index (χ0v) is 20.0. The summed E-state index contributed by atoms with van der Waals surface area (Å²) in [6.07, 6.45) is 2.54. The van der Waals surface area contributed by atoms with Gasteiger partial charge in [-0.15, -0.1) is 0 Å². The Kier molecular flexibility index (Phi) is 8.49. The minimum absolute atomic E-state index is 0.0748. The Morgan fingerprint density at radius 3 is 2.26 bits per heavy atom. The molecule has 0 radical (unpaired) electrons. The number of hydrogen-bond acceptors (Lipinski definition) is 6. The Hall–Kier alpha value is -3.58. The molecule has 1 N–H and O–H groups in total. The van der Waals surface area contributed by atoms with Crippen molar-refractivity contribution in [1.29, 1.82) is 0 Å². The van der Waals surface area contributed by atoms with Crippen molar-refractivity contribution in [2.45, 2.75) is 19.4 Å². The number of aliphatic hydroxyl groups excluding tert-OH is 1. The van der Waals surface area contributed by atoms with Gasteiger partial charge in [0, 0.05) is 18.7 Å². The molecule has 0 aromatic heterocycles. The van der Waals surface area contributed by atoms with E-state index in [9.17, 15) is 14.7 Å². The zero-order chi connectivity index (χ0) is 24.7. The van der Waals surface area contributed by atoms with E-state index in [-0.39, 0.29) is 11.3 Å². The number of ether oxygens (including phenoxy) is 2. The largest absolute Gasteiger partial charge is 0.507 e. The number of rotatable bonds is 11. The minimum Gasteiger partial charge on any atom is -0.507 e. The molecule has 1 heterocycles. The van der Waals surface area contributed by atoms with Crippen LogP contribution in [0.15, 0.2) is 66.8 Å². The number of likely N-dealkylation sites (tertiary alicyclic amines) is 1. The van der Waals surface area contributed by atoms with Crippen LogP contribution in [0.5, 0.6) is 11.5 Å². The molecule has 1 atom stereocenters. The lowest BCUT2D eigenvalue weighted by atomic mass is 9.95. The number of carbonyl (C=O) groups excluding carboxylic acids is 2. The molecule has 1 aliphatic rings. The molecular weight excluding hydrogens is 432 g/mol. The highest BCUT2D eigenvalue weighted by Gasteiger charge is 2.45. The first-order valence-corrected chi connectivity index (χ1v) is 11.4. The molecule has 34 heavy (non-hydrogen) atoms. The van der Waals surface area contributed by atoms with E-state index in [0.717, 1.165) is 6.42 Å². The van der Waals surface area contributed by atoms with E-state index >= 15 is 0 Å². The molecular formula is C27H32N2O5. The highest BCUT2D eigenvalue weighted by atomic mass is 16.5. The van der Waals surface area contributed by atoms with E-state index < -0.39 is 17.7 Å². The topological polar surface area (TPSA) is 79.3 Å². The van der Waals surface area contributed by atoms with Gasteiger partial charge in [0.15, 0.2) is 0 Å². The molecule has 1 saturated heterocycles. The zero-order valence-electron chi connectivity index (χ0n) is 20.0. The summed E-state index contributed by atoms with van der Waals surface area (Å²) in [5.74, 6) is -0.194. The first-order valence-electron chi connectivity index (χ1n) is 11.4. The smallest absolute Gasteiger partial charge is 0.295 e. The quantitative estimate of drug-likeness (QED) is 0.234. The Morgan fingerprint density at radius 1 is 1.06 bits per heavy atom. The van der Waals surface area contributed by atoms with Crippen LogP contribution in [0.1, 0.15) is 30.5 Å². The molecule has 7 nitrogen and oxygen atoms in total. The van der Waals surface area contributed by atoms with E-state index in [2.05, 4.69) is 6.58 Å². The monoisotopic (exact) mass is 464 g/mol. The van der Waals surface area contributed by atoms with Crippen LogP contribution >= 0.6 is 0 Å². The number of aliphatic hydroxyl groups is 1. The van der Waals surface area contributed by atoms with E-state index in [1.807, 2.05) is 38.1 Å². The van der Waals surface area contributed by atoms with Crippen molar-refractivity contribution in [3.63, 3.8) is 0 Å². The number of benzene rings is 2. The molecule has 3 rings (SSSR count). The number of Topliss-reactive ketones (excluding diaryl/α,β-unsaturated/α-hetero) is 1. The lowest BCUT2D eigenvalue weighted by Crippen LogP contribution is -2.35. The first-order chi connectivity index (χ1) is 16.4. The van der Waals surface area contributed by atoms with E-state index in [1.54, 1.807) is 42.5 Å². The van der Waals surface area contributed by atoms with Gasteiger partial charge in [-0.25, -0.2) is 0 Å². The van der Waals surface area contributed by atoms with Crippen LogP contribution in [0.4, 0.5) is 0 Å². The second-order valence-corrected chi connectivity index (χ2v) is 8.34. The highest BCUT2D eigenvalue weighted by Crippen LogP contribution is 2.39. The number of likely N-dealkylation sites (N-methyl/N-ethyl adjacent to an activating group) is 1. The minimum atomic E-state index is -0.704. The van der Waals surface area contributed by atoms with Crippen LogP contribution < -0.4 is 9.47 Å². The van der Waals surface area contributed by atoms with Crippen molar-refractivity contribution < 1.29 is 24.2 Å². The maximum Gasteiger partial charge on any atom is 0.295 e. The summed E-state index contributed by atoms with van der Waals surface area (Å²) in [5.41, 5.74) is 1.24. The van der Waals surface area contributed by atoms with Gasteiger partial charge in [-0.1, -0.05) is 31.7 Å². The van der Waals surface area contributed by atoms with Gasteiger partial charge < -0.3 is 24.4 Å². The van der Waals surface area contributed by atoms with Gasteiger partial charge in [-0.2, -0.15) is 0 Å². The number of carbonyl (C=O) groups is 2. The van der Waals surface area contributed by atoms with Crippen molar-refractivity contribution in [3.05, 3.63) is 77.9 Å². The van der Waals surface area contributed by atoms with Gasteiger partial charge in [0.2, 0.25) is 0 Å². The maximum absolute atomic E-state index is 13.1. The summed E-state index contributed by atoms with van der Waals surface area (Å²) < 4.78 is 11.2. The molecule has 2 aromatic carbocycles. The van der Waals surface area contributed by atoms with Crippen molar-refractivity contribution in [1.82, 2.24) is 9.80 Å². The highest BCUT2D eigenvalue weighted by molar-refractivity contribution is 6.46. The Morgan fingerprint density at radius 2 is 1.68 bits per heavy atom. The van der Waals surface area contributed by atoms with Crippen LogP contribution in [0.25, 0.3) is 5.76 Å². The van der Waals surface area contributed by atoms with Crippen LogP contribution in [0.3, 0.4) is 0 Å². The summed E-state index contributed by atoms with van der Waals surface area (Å²) in [6.45, 7) is 7.55. The summed E-state index contributed by atoms with van der Waals surface area (Å²) in [5, 5.41) is 11.2. The molecule has 7 heteroatoms. The average molecular weight is 465 g/mol. The number of hydrogen-bond donors (Lipinski definition) is 1. The van der Waals surface area contributed by atoms with Gasteiger partial charge in [-0.3, -0.25) is 9.59 Å². The SMILES string of the molecule is C=CCOc1ccc([C@H]2C(=C(O)c3ccc(OCCC)cc3)C(=O)C(=O)N2CCN(C)C)cc1. The third-order valence-corrected chi connectivity index (χ3v) is 5.49. The molecule has 0 spiro atoms. The molecule has 180 valence electrons. The third-order valence-electron chi connectivity index (χ3n) is 5.49. The number of nitrogens with zero attached hydrogens (tertiary/aromatic N) is 2. The third kappa shape index (κ3) is 5.66. The van der Waals surface area contributed by atoms with Crippen molar-refractivity contribution >= 4 is 17.4 Å². The predicted octanol–water partition coefficient (Wildman–Crippen LogP) is 4.02. The van der Waals surface area contributed by atoms with Crippen molar-refractivity contribution in [2.24, 2.45) is 0 Å². The average Bonchev–Trinajstić information content (AvgIpc) is 3.10. The van der Waals surface area contributed by atoms with Crippen molar-refractivity contribution in [2.75, 3.05) is 40.4 Å². The standard InChI is InChI=1S/C27H32N2O5/c1-5-17-33-21-11-7-19(8-12-21)24-23(26(31)27(32)29(24)16-15-28(3)4)25(30)20-9-13-22(14-10-20)34-18-6-2/h5,7-14,24,30H,1,6,15-18H2,2-4H3/t24-/m0/s1. The maximum atomic E-state index is 13.1. The number of ketones is 1. The summed E-state index contributed by atoms with van der Waals surface area (Å²) in [7, 11) is 3.80. The molecule has 0 unspecified atom stereocenters. The molecule has 1 fully saturated rings. The normalized spacial score (nSPS) is 17.3. The van der Waals surface area contributed by atoms with E-state index in [0.29, 0.717) is 48.9 Å². The Balaban J connectivity index is 2.02. The van der Waals surface area contributed by atoms with Gasteiger partial charge in [-0.05, 0) is 62.5 Å².